The summed E-state index contributed by atoms with van der Waals surface area (Å²) in [4.78, 5) is 11.1. The number of carbonyl (C=O) groups excluding carboxylic acids is 1. The van der Waals surface area contributed by atoms with Crippen molar-refractivity contribution >= 4 is 5.78 Å². The van der Waals surface area contributed by atoms with Crippen LogP contribution in [0.4, 0.5) is 0 Å². The van der Waals surface area contributed by atoms with Crippen molar-refractivity contribution in [1.82, 2.24) is 0 Å². The highest BCUT2D eigenvalue weighted by molar-refractivity contribution is 5.90. The van der Waals surface area contributed by atoms with Gasteiger partial charge < -0.3 is 9.47 Å². The molecular formula is C10H18O3. The Labute approximate surface area is 79.4 Å². The highest BCUT2D eigenvalue weighted by atomic mass is 16.5. The smallest absolute Gasteiger partial charge is 0.166 e. The Balaban J connectivity index is 2.16. The predicted molar refractivity (Wildman–Crippen MR) is 49.7 cm³/mol. The third-order valence-electron chi connectivity index (χ3n) is 2.23. The molecule has 0 amide bonds. The molecule has 0 radical (unpaired) electrons. The van der Waals surface area contributed by atoms with Gasteiger partial charge in [-0.3, -0.25) is 4.79 Å². The molecule has 1 aliphatic rings. The first-order valence-corrected chi connectivity index (χ1v) is 5.05. The number of carbonyl (C=O) groups is 1. The largest absolute Gasteiger partial charge is 0.375 e. The van der Waals surface area contributed by atoms with Gasteiger partial charge in [-0.1, -0.05) is 13.3 Å². The van der Waals surface area contributed by atoms with Crippen molar-refractivity contribution in [2.45, 2.75) is 45.3 Å². The van der Waals surface area contributed by atoms with Gasteiger partial charge in [0.2, 0.25) is 0 Å². The van der Waals surface area contributed by atoms with Crippen molar-refractivity contribution in [2.75, 3.05) is 13.2 Å². The van der Waals surface area contributed by atoms with Crippen LogP contribution < -0.4 is 0 Å². The topological polar surface area (TPSA) is 35.5 Å². The summed E-state index contributed by atoms with van der Waals surface area (Å²) in [5.74, 6) is 0.184. The molecule has 0 aliphatic heterocycles. The van der Waals surface area contributed by atoms with Crippen LogP contribution in [0.15, 0.2) is 0 Å². The molecule has 1 saturated carbocycles. The maximum absolute atomic E-state index is 11.1. The molecule has 2 unspecified atom stereocenters. The number of unbranched alkanes of at least 4 members (excludes halogenated alkanes) is 1. The summed E-state index contributed by atoms with van der Waals surface area (Å²) in [6, 6.07) is 0. The molecule has 0 spiro atoms. The Morgan fingerprint density at radius 1 is 1.38 bits per heavy atom. The van der Waals surface area contributed by atoms with Crippen molar-refractivity contribution in [3.8, 4) is 0 Å². The Kier molecular flexibility index (Phi) is 4.39. The lowest BCUT2D eigenvalue weighted by atomic mass is 9.90. The average molecular weight is 186 g/mol. The van der Waals surface area contributed by atoms with E-state index in [0.29, 0.717) is 13.0 Å². The fraction of sp³-hybridized carbons (Fsp3) is 0.900. The lowest BCUT2D eigenvalue weighted by Crippen LogP contribution is -2.50. The van der Waals surface area contributed by atoms with Gasteiger partial charge in [-0.2, -0.15) is 0 Å². The number of ketones is 1. The van der Waals surface area contributed by atoms with Crippen LogP contribution in [0.1, 0.15) is 33.1 Å². The summed E-state index contributed by atoms with van der Waals surface area (Å²) in [5.41, 5.74) is 0. The van der Waals surface area contributed by atoms with Gasteiger partial charge in [-0.15, -0.1) is 0 Å². The van der Waals surface area contributed by atoms with Crippen LogP contribution in [0.25, 0.3) is 0 Å². The first-order chi connectivity index (χ1) is 6.29. The van der Waals surface area contributed by atoms with Gasteiger partial charge in [0.05, 0.1) is 6.10 Å². The number of hydrogen-bond donors (Lipinski definition) is 0. The molecule has 3 heteroatoms. The molecule has 13 heavy (non-hydrogen) atoms. The Morgan fingerprint density at radius 2 is 2.15 bits per heavy atom. The van der Waals surface area contributed by atoms with E-state index in [2.05, 4.69) is 6.92 Å². The standard InChI is InChI=1S/C10H18O3/c1-3-5-6-13-9-7-8(11)10(9)12-4-2/h9-10H,3-7H2,1-2H3. The molecular weight excluding hydrogens is 168 g/mol. The second-order valence-corrected chi connectivity index (χ2v) is 3.31. The monoisotopic (exact) mass is 186 g/mol. The molecule has 0 aromatic rings. The quantitative estimate of drug-likeness (QED) is 0.590. The van der Waals surface area contributed by atoms with Crippen molar-refractivity contribution in [1.29, 1.82) is 0 Å². The molecule has 0 saturated heterocycles. The molecule has 2 atom stereocenters. The van der Waals surface area contributed by atoms with Crippen LogP contribution in [0.3, 0.4) is 0 Å². The highest BCUT2D eigenvalue weighted by Gasteiger charge is 2.41. The van der Waals surface area contributed by atoms with Gasteiger partial charge >= 0.3 is 0 Å². The van der Waals surface area contributed by atoms with Gasteiger partial charge in [0.1, 0.15) is 6.10 Å². The van der Waals surface area contributed by atoms with Gasteiger partial charge in [-0.25, -0.2) is 0 Å². The van der Waals surface area contributed by atoms with E-state index in [9.17, 15) is 4.79 Å². The molecule has 0 aromatic heterocycles. The second-order valence-electron chi connectivity index (χ2n) is 3.31. The average Bonchev–Trinajstić information content (AvgIpc) is 2.13. The van der Waals surface area contributed by atoms with E-state index in [1.54, 1.807) is 0 Å². The predicted octanol–water partition coefficient (Wildman–Crippen LogP) is 1.55. The Bertz CT molecular complexity index is 168. The maximum Gasteiger partial charge on any atom is 0.166 e. The Morgan fingerprint density at radius 3 is 2.69 bits per heavy atom. The number of Topliss-reactive ketones (excluding diaryl/α,β-unsaturated/α-hetero) is 1. The van der Waals surface area contributed by atoms with Gasteiger partial charge in [0.15, 0.2) is 5.78 Å². The van der Waals surface area contributed by atoms with Crippen LogP contribution in [-0.4, -0.2) is 31.2 Å². The van der Waals surface area contributed by atoms with E-state index in [-0.39, 0.29) is 18.0 Å². The summed E-state index contributed by atoms with van der Waals surface area (Å²) >= 11 is 0. The third-order valence-corrected chi connectivity index (χ3v) is 2.23. The molecule has 0 N–H and O–H groups in total. The van der Waals surface area contributed by atoms with E-state index < -0.39 is 0 Å². The number of ether oxygens (including phenoxy) is 2. The SMILES string of the molecule is CCCCOC1CC(=O)C1OCC. The van der Waals surface area contributed by atoms with Crippen molar-refractivity contribution in [3.63, 3.8) is 0 Å². The van der Waals surface area contributed by atoms with Crippen LogP contribution in [0, 0.1) is 0 Å². The molecule has 1 rings (SSSR count). The third kappa shape index (κ3) is 2.78. The first kappa shape index (κ1) is 10.7. The number of hydrogen-bond acceptors (Lipinski definition) is 3. The van der Waals surface area contributed by atoms with Crippen molar-refractivity contribution < 1.29 is 14.3 Å². The highest BCUT2D eigenvalue weighted by Crippen LogP contribution is 2.22. The first-order valence-electron chi connectivity index (χ1n) is 5.05. The minimum atomic E-state index is -0.276. The van der Waals surface area contributed by atoms with Crippen molar-refractivity contribution in [3.05, 3.63) is 0 Å². The van der Waals surface area contributed by atoms with Gasteiger partial charge in [0, 0.05) is 19.6 Å². The van der Waals surface area contributed by atoms with Gasteiger partial charge in [-0.05, 0) is 13.3 Å². The number of rotatable bonds is 6. The van der Waals surface area contributed by atoms with E-state index in [1.807, 2.05) is 6.92 Å². The van der Waals surface area contributed by atoms with E-state index >= 15 is 0 Å². The summed E-state index contributed by atoms with van der Waals surface area (Å²) < 4.78 is 10.8. The molecule has 1 aliphatic carbocycles. The van der Waals surface area contributed by atoms with Gasteiger partial charge in [0.25, 0.3) is 0 Å². The Hall–Kier alpha value is -0.410. The van der Waals surface area contributed by atoms with Crippen LogP contribution in [0.5, 0.6) is 0 Å². The summed E-state index contributed by atoms with van der Waals surface area (Å²) in [7, 11) is 0. The summed E-state index contributed by atoms with van der Waals surface area (Å²) in [6.45, 7) is 5.35. The molecule has 76 valence electrons. The zero-order valence-electron chi connectivity index (χ0n) is 8.41. The molecule has 0 bridgehead atoms. The molecule has 0 aromatic carbocycles. The summed E-state index contributed by atoms with van der Waals surface area (Å²) in [5, 5.41) is 0. The molecule has 0 heterocycles. The van der Waals surface area contributed by atoms with Crippen molar-refractivity contribution in [2.24, 2.45) is 0 Å². The van der Waals surface area contributed by atoms with Crippen LogP contribution in [0.2, 0.25) is 0 Å². The maximum atomic E-state index is 11.1. The molecule has 1 fully saturated rings. The fourth-order valence-electron chi connectivity index (χ4n) is 1.37. The van der Waals surface area contributed by atoms with Crippen LogP contribution in [-0.2, 0) is 14.3 Å². The minimum absolute atomic E-state index is 0.0269. The zero-order valence-corrected chi connectivity index (χ0v) is 8.41. The van der Waals surface area contributed by atoms with E-state index in [1.165, 1.54) is 0 Å². The normalized spacial score (nSPS) is 27.4. The minimum Gasteiger partial charge on any atom is -0.375 e. The summed E-state index contributed by atoms with van der Waals surface area (Å²) in [6.07, 6.45) is 2.47. The lowest BCUT2D eigenvalue weighted by Gasteiger charge is -2.34. The second kappa shape index (κ2) is 5.35. The lowest BCUT2D eigenvalue weighted by molar-refractivity contribution is -0.165. The van der Waals surface area contributed by atoms with Crippen LogP contribution >= 0.6 is 0 Å². The van der Waals surface area contributed by atoms with E-state index in [4.69, 9.17) is 9.47 Å². The molecule has 3 nitrogen and oxygen atoms in total. The zero-order chi connectivity index (χ0) is 9.68. The van der Waals surface area contributed by atoms with E-state index in [0.717, 1.165) is 19.4 Å². The fourth-order valence-corrected chi connectivity index (χ4v) is 1.37.